The number of carbonyl (C=O) groups excluding carboxylic acids is 1. The van der Waals surface area contributed by atoms with Crippen LogP contribution in [0.3, 0.4) is 0 Å². The van der Waals surface area contributed by atoms with Crippen molar-refractivity contribution in [3.8, 4) is 0 Å². The Morgan fingerprint density at radius 3 is 2.57 bits per heavy atom. The van der Waals surface area contributed by atoms with Crippen LogP contribution in [0.5, 0.6) is 0 Å². The molecule has 0 N–H and O–H groups in total. The molecule has 0 aromatic heterocycles. The topological polar surface area (TPSA) is 32.7 Å². The van der Waals surface area contributed by atoms with Gasteiger partial charge in [0.2, 0.25) is 0 Å². The zero-order valence-electron chi connectivity index (χ0n) is 13.4. The van der Waals surface area contributed by atoms with Gasteiger partial charge in [0.05, 0.1) is 5.69 Å². The lowest BCUT2D eigenvalue weighted by molar-refractivity contribution is 0.112. The van der Waals surface area contributed by atoms with Crippen LogP contribution in [0.2, 0.25) is 5.02 Å². The summed E-state index contributed by atoms with van der Waals surface area (Å²) < 4.78 is 0. The fraction of sp³-hybridized carbons (Fsp3) is 0.222. The van der Waals surface area contributed by atoms with E-state index in [0.717, 1.165) is 33.9 Å². The Bertz CT molecular complexity index is 729. The third-order valence-corrected chi connectivity index (χ3v) is 4.66. The maximum atomic E-state index is 10.8. The first kappa shape index (κ1) is 17.7. The number of aliphatic imine (C=N–C) groups is 1. The zero-order chi connectivity index (χ0) is 16.8. The summed E-state index contributed by atoms with van der Waals surface area (Å²) in [5.74, 6) is 0. The fourth-order valence-corrected chi connectivity index (χ4v) is 3.01. The maximum absolute atomic E-state index is 10.8. The Morgan fingerprint density at radius 2 is 1.91 bits per heavy atom. The summed E-state index contributed by atoms with van der Waals surface area (Å²) in [7, 11) is 4.11. The van der Waals surface area contributed by atoms with Gasteiger partial charge in [0.1, 0.15) is 6.29 Å². The number of aldehydes is 1. The second kappa shape index (κ2) is 8.29. The van der Waals surface area contributed by atoms with Gasteiger partial charge in [-0.15, -0.1) is 0 Å². The Hall–Kier alpha value is -1.62. The molecule has 3 rings (SSSR count). The van der Waals surface area contributed by atoms with Crippen LogP contribution in [0, 0.1) is 0 Å². The molecule has 120 valence electrons. The third kappa shape index (κ3) is 4.93. The van der Waals surface area contributed by atoms with E-state index < -0.39 is 0 Å². The Labute approximate surface area is 146 Å². The monoisotopic (exact) mass is 346 g/mol. The molecule has 0 atom stereocenters. The number of hydrogen-bond acceptors (Lipinski definition) is 4. The van der Waals surface area contributed by atoms with Gasteiger partial charge < -0.3 is 4.90 Å². The van der Waals surface area contributed by atoms with E-state index >= 15 is 0 Å². The van der Waals surface area contributed by atoms with E-state index in [2.05, 4.69) is 30.9 Å². The molecular formula is C18H19ClN2OS. The first-order valence-electron chi connectivity index (χ1n) is 7.29. The van der Waals surface area contributed by atoms with E-state index in [1.165, 1.54) is 0 Å². The molecule has 0 fully saturated rings. The van der Waals surface area contributed by atoms with Crippen LogP contribution in [0.4, 0.5) is 5.69 Å². The standard InChI is InChI=1S/C14H8ClNOS.C4H11N/c15-11-3-2-10-7-16-12-5-9(8-17)1-4-13(12)18-14(10)6-11;1-4-5(2)3/h1-8H;4H2,1-3H3. The van der Waals surface area contributed by atoms with E-state index in [4.69, 9.17) is 11.6 Å². The summed E-state index contributed by atoms with van der Waals surface area (Å²) in [6.45, 7) is 3.26. The van der Waals surface area contributed by atoms with Gasteiger partial charge in [-0.3, -0.25) is 9.79 Å². The highest BCUT2D eigenvalue weighted by Gasteiger charge is 2.12. The van der Waals surface area contributed by atoms with Crippen LogP contribution in [0.15, 0.2) is 51.2 Å². The molecule has 0 radical (unpaired) electrons. The highest BCUT2D eigenvalue weighted by Crippen LogP contribution is 2.40. The SMILES string of the molecule is CCN(C)C.O=Cc1ccc2c(c1)N=Cc1ccc(Cl)cc1S2. The molecule has 0 saturated carbocycles. The van der Waals surface area contributed by atoms with Crippen LogP contribution in [0.25, 0.3) is 0 Å². The molecule has 0 aliphatic carbocycles. The normalized spacial score (nSPS) is 11.9. The predicted octanol–water partition coefficient (Wildman–Crippen LogP) is 4.94. The van der Waals surface area contributed by atoms with E-state index in [-0.39, 0.29) is 0 Å². The van der Waals surface area contributed by atoms with Crippen molar-refractivity contribution in [3.63, 3.8) is 0 Å². The van der Waals surface area contributed by atoms with Crippen molar-refractivity contribution in [2.75, 3.05) is 20.6 Å². The third-order valence-electron chi connectivity index (χ3n) is 3.29. The summed E-state index contributed by atoms with van der Waals surface area (Å²) in [6, 6.07) is 11.2. The number of carbonyl (C=O) groups is 1. The lowest BCUT2D eigenvalue weighted by Gasteiger charge is -2.05. The lowest BCUT2D eigenvalue weighted by Crippen LogP contribution is -2.08. The minimum atomic E-state index is 0.635. The van der Waals surface area contributed by atoms with Gasteiger partial charge in [-0.2, -0.15) is 0 Å². The molecule has 23 heavy (non-hydrogen) atoms. The van der Waals surface area contributed by atoms with Gasteiger partial charge >= 0.3 is 0 Å². The van der Waals surface area contributed by atoms with Crippen LogP contribution >= 0.6 is 23.4 Å². The highest BCUT2D eigenvalue weighted by atomic mass is 35.5. The van der Waals surface area contributed by atoms with Gasteiger partial charge in [-0.1, -0.05) is 42.4 Å². The van der Waals surface area contributed by atoms with Crippen molar-refractivity contribution in [3.05, 3.63) is 52.5 Å². The quantitative estimate of drug-likeness (QED) is 0.616. The average molecular weight is 347 g/mol. The largest absolute Gasteiger partial charge is 0.310 e. The van der Waals surface area contributed by atoms with Crippen molar-refractivity contribution in [2.45, 2.75) is 16.7 Å². The maximum Gasteiger partial charge on any atom is 0.150 e. The second-order valence-corrected chi connectivity index (χ2v) is 6.80. The number of rotatable bonds is 2. The first-order valence-corrected chi connectivity index (χ1v) is 8.48. The van der Waals surface area contributed by atoms with Gasteiger partial charge in [-0.05, 0) is 44.9 Å². The minimum Gasteiger partial charge on any atom is -0.310 e. The van der Waals surface area contributed by atoms with Crippen molar-refractivity contribution in [2.24, 2.45) is 4.99 Å². The van der Waals surface area contributed by atoms with Crippen LogP contribution in [0.1, 0.15) is 22.8 Å². The molecule has 3 nitrogen and oxygen atoms in total. The highest BCUT2D eigenvalue weighted by molar-refractivity contribution is 7.99. The van der Waals surface area contributed by atoms with Crippen molar-refractivity contribution in [1.29, 1.82) is 0 Å². The van der Waals surface area contributed by atoms with Gasteiger partial charge in [0, 0.05) is 32.2 Å². The average Bonchev–Trinajstić information content (AvgIpc) is 2.73. The summed E-state index contributed by atoms with van der Waals surface area (Å²) in [5, 5.41) is 0.711. The van der Waals surface area contributed by atoms with Gasteiger partial charge in [0.25, 0.3) is 0 Å². The summed E-state index contributed by atoms with van der Waals surface area (Å²) in [5.41, 5.74) is 2.49. The van der Waals surface area contributed by atoms with Crippen molar-refractivity contribution < 1.29 is 4.79 Å². The van der Waals surface area contributed by atoms with Crippen molar-refractivity contribution >= 4 is 41.6 Å². The first-order chi connectivity index (χ1) is 11.0. The molecule has 2 aromatic carbocycles. The smallest absolute Gasteiger partial charge is 0.150 e. The summed E-state index contributed by atoms with van der Waals surface area (Å²) >= 11 is 7.61. The van der Waals surface area contributed by atoms with Gasteiger partial charge in [0.15, 0.2) is 0 Å². The number of hydrogen-bond donors (Lipinski definition) is 0. The molecule has 5 heteroatoms. The van der Waals surface area contributed by atoms with Crippen LogP contribution in [-0.4, -0.2) is 38.0 Å². The van der Waals surface area contributed by atoms with Crippen LogP contribution < -0.4 is 0 Å². The number of nitrogens with zero attached hydrogens (tertiary/aromatic N) is 2. The molecule has 0 bridgehead atoms. The summed E-state index contributed by atoms with van der Waals surface area (Å²) in [6.07, 6.45) is 2.63. The van der Waals surface area contributed by atoms with E-state index in [0.29, 0.717) is 10.6 Å². The lowest BCUT2D eigenvalue weighted by atomic mass is 10.2. The molecule has 0 amide bonds. The summed E-state index contributed by atoms with van der Waals surface area (Å²) in [4.78, 5) is 19.4. The minimum absolute atomic E-state index is 0.635. The number of halogens is 1. The van der Waals surface area contributed by atoms with E-state index in [1.54, 1.807) is 30.1 Å². The molecule has 2 aromatic rings. The fourth-order valence-electron chi connectivity index (χ4n) is 1.76. The molecule has 0 spiro atoms. The molecule has 0 unspecified atom stereocenters. The Kier molecular flexibility index (Phi) is 6.39. The van der Waals surface area contributed by atoms with Gasteiger partial charge in [-0.25, -0.2) is 0 Å². The second-order valence-electron chi connectivity index (χ2n) is 5.28. The Balaban J connectivity index is 0.000000338. The predicted molar refractivity (Wildman–Crippen MR) is 98.9 cm³/mol. The molecule has 1 heterocycles. The Morgan fingerprint density at radius 1 is 1.17 bits per heavy atom. The van der Waals surface area contributed by atoms with Crippen LogP contribution in [-0.2, 0) is 0 Å². The number of benzene rings is 2. The van der Waals surface area contributed by atoms with E-state index in [9.17, 15) is 4.79 Å². The molecule has 1 aliphatic heterocycles. The molecule has 1 aliphatic rings. The molecule has 0 saturated heterocycles. The van der Waals surface area contributed by atoms with E-state index in [1.807, 2.05) is 24.3 Å². The zero-order valence-corrected chi connectivity index (χ0v) is 15.0. The van der Waals surface area contributed by atoms with Crippen molar-refractivity contribution in [1.82, 2.24) is 4.90 Å². The molecular weight excluding hydrogens is 328 g/mol. The number of fused-ring (bicyclic) bond motifs is 2.